The number of hydrogen-bond donors (Lipinski definition) is 0. The van der Waals surface area contributed by atoms with Gasteiger partial charge in [0.05, 0.1) is 23.7 Å². The Labute approximate surface area is 160 Å². The standard InChI is InChI=1S/C19H11F5N4O/c20-13-3-1-10(7-14(13)21)18-26-16(27-29-18)9-28-6-5-12-15(28)4-2-11(8-25)17(12)19(22,23)24/h1-2,4-7,13H,3,9H2. The molecule has 1 unspecified atom stereocenters. The fraction of sp³-hybridized carbons (Fsp3) is 0.211. The molecule has 0 saturated heterocycles. The van der Waals surface area contributed by atoms with Gasteiger partial charge in [0.15, 0.2) is 12.0 Å². The number of nitrogens with zero attached hydrogens (tertiary/aromatic N) is 4. The van der Waals surface area contributed by atoms with Gasteiger partial charge in [-0.1, -0.05) is 11.2 Å². The molecule has 1 atom stereocenters. The lowest BCUT2D eigenvalue weighted by atomic mass is 10.0. The molecule has 1 aromatic carbocycles. The first kappa shape index (κ1) is 18.9. The van der Waals surface area contributed by atoms with Gasteiger partial charge < -0.3 is 9.09 Å². The van der Waals surface area contributed by atoms with E-state index in [1.807, 2.05) is 0 Å². The molecule has 0 N–H and O–H groups in total. The molecular formula is C19H11F5N4O. The van der Waals surface area contributed by atoms with Gasteiger partial charge in [0, 0.05) is 29.1 Å². The number of alkyl halides is 4. The second-order valence-corrected chi connectivity index (χ2v) is 6.38. The Morgan fingerprint density at radius 3 is 2.76 bits per heavy atom. The molecule has 29 heavy (non-hydrogen) atoms. The number of allylic oxidation sites excluding steroid dienone is 4. The van der Waals surface area contributed by atoms with Crippen molar-refractivity contribution in [2.75, 3.05) is 0 Å². The average Bonchev–Trinajstić information content (AvgIpc) is 3.30. The summed E-state index contributed by atoms with van der Waals surface area (Å²) in [5, 5.41) is 12.6. The maximum Gasteiger partial charge on any atom is 0.418 e. The minimum absolute atomic E-state index is 0.0125. The van der Waals surface area contributed by atoms with Gasteiger partial charge in [-0.2, -0.15) is 23.4 Å². The van der Waals surface area contributed by atoms with E-state index in [0.717, 1.165) is 12.1 Å². The Morgan fingerprint density at radius 1 is 1.28 bits per heavy atom. The Hall–Kier alpha value is -3.48. The van der Waals surface area contributed by atoms with Gasteiger partial charge in [-0.3, -0.25) is 0 Å². The second kappa shape index (κ2) is 6.84. The summed E-state index contributed by atoms with van der Waals surface area (Å²) >= 11 is 0. The molecule has 4 rings (SSSR count). The molecule has 0 spiro atoms. The van der Waals surface area contributed by atoms with Crippen LogP contribution < -0.4 is 0 Å². The van der Waals surface area contributed by atoms with Crippen LogP contribution in [0.4, 0.5) is 22.0 Å². The van der Waals surface area contributed by atoms with Gasteiger partial charge in [0.1, 0.15) is 5.83 Å². The summed E-state index contributed by atoms with van der Waals surface area (Å²) < 4.78 is 73.4. The fourth-order valence-electron chi connectivity index (χ4n) is 3.19. The Kier molecular flexibility index (Phi) is 4.45. The summed E-state index contributed by atoms with van der Waals surface area (Å²) in [6.45, 7) is -0.0125. The van der Waals surface area contributed by atoms with Gasteiger partial charge >= 0.3 is 6.18 Å². The first-order chi connectivity index (χ1) is 13.8. The molecule has 1 aliphatic carbocycles. The van der Waals surface area contributed by atoms with Crippen LogP contribution in [-0.4, -0.2) is 20.9 Å². The summed E-state index contributed by atoms with van der Waals surface area (Å²) in [7, 11) is 0. The fourth-order valence-corrected chi connectivity index (χ4v) is 3.19. The van der Waals surface area contributed by atoms with Crippen molar-refractivity contribution < 1.29 is 26.5 Å². The lowest BCUT2D eigenvalue weighted by molar-refractivity contribution is -0.136. The van der Waals surface area contributed by atoms with Crippen LogP contribution in [0.15, 0.2) is 46.9 Å². The van der Waals surface area contributed by atoms with E-state index in [-0.39, 0.29) is 41.2 Å². The van der Waals surface area contributed by atoms with Gasteiger partial charge in [-0.15, -0.1) is 0 Å². The molecule has 2 heterocycles. The van der Waals surface area contributed by atoms with Crippen LogP contribution in [0.1, 0.15) is 29.3 Å². The maximum atomic E-state index is 13.4. The van der Waals surface area contributed by atoms with E-state index in [1.165, 1.54) is 29.0 Å². The lowest BCUT2D eigenvalue weighted by Crippen LogP contribution is -2.09. The van der Waals surface area contributed by atoms with Crippen LogP contribution >= 0.6 is 0 Å². The quantitative estimate of drug-likeness (QED) is 0.578. The van der Waals surface area contributed by atoms with E-state index >= 15 is 0 Å². The van der Waals surface area contributed by atoms with E-state index in [1.54, 1.807) is 6.07 Å². The lowest BCUT2D eigenvalue weighted by Gasteiger charge is -2.11. The van der Waals surface area contributed by atoms with Crippen LogP contribution in [-0.2, 0) is 12.7 Å². The summed E-state index contributed by atoms with van der Waals surface area (Å²) in [6, 6.07) is 5.35. The molecule has 0 fully saturated rings. The SMILES string of the molecule is N#Cc1ccc2c(ccn2Cc2noc(C3=CCC(F)C(F)=C3)n2)c1C(F)(F)F. The Bertz CT molecular complexity index is 1200. The summed E-state index contributed by atoms with van der Waals surface area (Å²) in [4.78, 5) is 4.10. The van der Waals surface area contributed by atoms with Crippen molar-refractivity contribution in [2.24, 2.45) is 0 Å². The molecule has 10 heteroatoms. The topological polar surface area (TPSA) is 67.6 Å². The summed E-state index contributed by atoms with van der Waals surface area (Å²) in [5.41, 5.74) is -0.982. The second-order valence-electron chi connectivity index (χ2n) is 6.38. The number of benzene rings is 1. The van der Waals surface area contributed by atoms with Gasteiger partial charge in [-0.25, -0.2) is 8.78 Å². The highest BCUT2D eigenvalue weighted by Crippen LogP contribution is 2.37. The Balaban J connectivity index is 1.67. The first-order valence-electron chi connectivity index (χ1n) is 8.41. The van der Waals surface area contributed by atoms with E-state index in [4.69, 9.17) is 9.78 Å². The predicted molar refractivity (Wildman–Crippen MR) is 91.7 cm³/mol. The number of hydrogen-bond acceptors (Lipinski definition) is 4. The number of rotatable bonds is 3. The van der Waals surface area contributed by atoms with E-state index in [0.29, 0.717) is 0 Å². The van der Waals surface area contributed by atoms with Gasteiger partial charge in [-0.05, 0) is 24.3 Å². The Morgan fingerprint density at radius 2 is 2.07 bits per heavy atom. The third-order valence-corrected chi connectivity index (χ3v) is 4.52. The highest BCUT2D eigenvalue weighted by Gasteiger charge is 2.36. The van der Waals surface area contributed by atoms with Gasteiger partial charge in [0.25, 0.3) is 5.89 Å². The molecular weight excluding hydrogens is 395 g/mol. The molecule has 0 bridgehead atoms. The maximum absolute atomic E-state index is 13.4. The van der Waals surface area contributed by atoms with Crippen LogP contribution in [0.5, 0.6) is 0 Å². The first-order valence-corrected chi connectivity index (χ1v) is 8.41. The van der Waals surface area contributed by atoms with Crippen molar-refractivity contribution in [3.8, 4) is 6.07 Å². The zero-order chi connectivity index (χ0) is 20.8. The van der Waals surface area contributed by atoms with Gasteiger partial charge in [0.2, 0.25) is 0 Å². The molecule has 1 aliphatic rings. The number of halogens is 5. The molecule has 0 aliphatic heterocycles. The molecule has 0 saturated carbocycles. The van der Waals surface area contributed by atoms with Crippen molar-refractivity contribution in [2.45, 2.75) is 25.3 Å². The van der Waals surface area contributed by atoms with E-state index < -0.39 is 29.3 Å². The highest BCUT2D eigenvalue weighted by molar-refractivity contribution is 5.86. The smallest absolute Gasteiger partial charge is 0.340 e. The largest absolute Gasteiger partial charge is 0.418 e. The number of nitriles is 1. The van der Waals surface area contributed by atoms with Crippen LogP contribution in [0.3, 0.4) is 0 Å². The van der Waals surface area contributed by atoms with Crippen molar-refractivity contribution in [1.29, 1.82) is 5.26 Å². The molecule has 0 amide bonds. The van der Waals surface area contributed by atoms with Crippen LogP contribution in [0, 0.1) is 11.3 Å². The minimum Gasteiger partial charge on any atom is -0.340 e. The molecule has 5 nitrogen and oxygen atoms in total. The van der Waals surface area contributed by atoms with Crippen LogP contribution in [0.2, 0.25) is 0 Å². The molecule has 0 radical (unpaired) electrons. The third-order valence-electron chi connectivity index (χ3n) is 4.52. The van der Waals surface area contributed by atoms with E-state index in [2.05, 4.69) is 10.1 Å². The van der Waals surface area contributed by atoms with Crippen LogP contribution in [0.25, 0.3) is 16.5 Å². The minimum atomic E-state index is -4.69. The third kappa shape index (κ3) is 3.40. The highest BCUT2D eigenvalue weighted by atomic mass is 19.4. The zero-order valence-corrected chi connectivity index (χ0v) is 14.5. The van der Waals surface area contributed by atoms with Crippen molar-refractivity contribution >= 4 is 16.5 Å². The number of aromatic nitrogens is 3. The molecule has 3 aromatic rings. The zero-order valence-electron chi connectivity index (χ0n) is 14.5. The molecule has 2 aromatic heterocycles. The van der Waals surface area contributed by atoms with Crippen molar-refractivity contribution in [3.05, 3.63) is 65.2 Å². The number of fused-ring (bicyclic) bond motifs is 1. The summed E-state index contributed by atoms with van der Waals surface area (Å²) in [6.07, 6.45) is -2.73. The summed E-state index contributed by atoms with van der Waals surface area (Å²) in [5.74, 6) is -0.805. The normalized spacial score (nSPS) is 17.2. The average molecular weight is 406 g/mol. The monoisotopic (exact) mass is 406 g/mol. The molecule has 148 valence electrons. The van der Waals surface area contributed by atoms with Crippen molar-refractivity contribution in [1.82, 2.24) is 14.7 Å². The predicted octanol–water partition coefficient (Wildman–Crippen LogP) is 4.94. The van der Waals surface area contributed by atoms with E-state index in [9.17, 15) is 22.0 Å². The van der Waals surface area contributed by atoms with Crippen molar-refractivity contribution in [3.63, 3.8) is 0 Å².